The predicted molar refractivity (Wildman–Crippen MR) is 58.3 cm³/mol. The highest BCUT2D eigenvalue weighted by atomic mass is 16.3. The van der Waals surface area contributed by atoms with E-state index in [1.807, 2.05) is 0 Å². The third-order valence-electron chi connectivity index (χ3n) is 2.50. The smallest absolute Gasteiger partial charge is 0.134 e. The fraction of sp³-hybridized carbons (Fsp3) is 0.333. The number of furan rings is 1. The van der Waals surface area contributed by atoms with Gasteiger partial charge in [0.15, 0.2) is 0 Å². The molecule has 0 aliphatic rings. The van der Waals surface area contributed by atoms with Crippen LogP contribution in [0.5, 0.6) is 0 Å². The molecule has 0 amide bonds. The summed E-state index contributed by atoms with van der Waals surface area (Å²) in [4.78, 5) is 0. The molecule has 2 heteroatoms. The standard InChI is InChI=1S/C12H15NO/c1-9-8-14-12-7-10(3-2-6-13)4-5-11(9)12/h4-5,7-8H,2-3,6,13H2,1H3. The van der Waals surface area contributed by atoms with Gasteiger partial charge in [0.05, 0.1) is 6.26 Å². The largest absolute Gasteiger partial charge is 0.464 e. The summed E-state index contributed by atoms with van der Waals surface area (Å²) in [5, 5.41) is 1.21. The van der Waals surface area contributed by atoms with Crippen molar-refractivity contribution in [3.63, 3.8) is 0 Å². The SMILES string of the molecule is Cc1coc2cc(CCCN)ccc12. The molecule has 2 nitrogen and oxygen atoms in total. The minimum atomic E-state index is 0.745. The normalized spacial score (nSPS) is 11.0. The first-order valence-corrected chi connectivity index (χ1v) is 4.98. The van der Waals surface area contributed by atoms with E-state index in [-0.39, 0.29) is 0 Å². The van der Waals surface area contributed by atoms with Crippen molar-refractivity contribution < 1.29 is 4.42 Å². The minimum Gasteiger partial charge on any atom is -0.464 e. The first-order chi connectivity index (χ1) is 6.81. The van der Waals surface area contributed by atoms with E-state index < -0.39 is 0 Å². The van der Waals surface area contributed by atoms with Gasteiger partial charge in [-0.15, -0.1) is 0 Å². The van der Waals surface area contributed by atoms with Gasteiger partial charge < -0.3 is 10.2 Å². The number of aryl methyl sites for hydroxylation is 2. The topological polar surface area (TPSA) is 39.2 Å². The molecule has 0 spiro atoms. The zero-order valence-corrected chi connectivity index (χ0v) is 8.42. The highest BCUT2D eigenvalue weighted by Gasteiger charge is 2.02. The number of nitrogens with two attached hydrogens (primary N) is 1. The summed E-state index contributed by atoms with van der Waals surface area (Å²) in [6, 6.07) is 6.39. The predicted octanol–water partition coefficient (Wildman–Crippen LogP) is 2.63. The van der Waals surface area contributed by atoms with Crippen LogP contribution < -0.4 is 5.73 Å². The molecule has 2 rings (SSSR count). The molecule has 0 unspecified atom stereocenters. The van der Waals surface area contributed by atoms with E-state index in [0.29, 0.717) is 0 Å². The Morgan fingerprint density at radius 3 is 3.00 bits per heavy atom. The lowest BCUT2D eigenvalue weighted by Crippen LogP contribution is -2.00. The van der Waals surface area contributed by atoms with Crippen LogP contribution in [-0.2, 0) is 6.42 Å². The summed E-state index contributed by atoms with van der Waals surface area (Å²) in [6.07, 6.45) is 3.87. The van der Waals surface area contributed by atoms with E-state index >= 15 is 0 Å². The Labute approximate surface area is 83.7 Å². The lowest BCUT2D eigenvalue weighted by molar-refractivity contribution is 0.612. The second-order valence-electron chi connectivity index (χ2n) is 3.64. The molecule has 2 N–H and O–H groups in total. The summed E-state index contributed by atoms with van der Waals surface area (Å²) < 4.78 is 5.44. The summed E-state index contributed by atoms with van der Waals surface area (Å²) in [6.45, 7) is 2.81. The van der Waals surface area contributed by atoms with E-state index in [9.17, 15) is 0 Å². The molecule has 0 aliphatic heterocycles. The fourth-order valence-corrected chi connectivity index (χ4v) is 1.67. The molecule has 0 aliphatic carbocycles. The lowest BCUT2D eigenvalue weighted by Gasteiger charge is -1.99. The van der Waals surface area contributed by atoms with Gasteiger partial charge in [0.1, 0.15) is 5.58 Å². The van der Waals surface area contributed by atoms with Gasteiger partial charge in [0.2, 0.25) is 0 Å². The second kappa shape index (κ2) is 3.84. The fourth-order valence-electron chi connectivity index (χ4n) is 1.67. The van der Waals surface area contributed by atoms with E-state index in [4.69, 9.17) is 10.2 Å². The van der Waals surface area contributed by atoms with Crippen molar-refractivity contribution in [3.8, 4) is 0 Å². The Bertz CT molecular complexity index is 431. The van der Waals surface area contributed by atoms with Crippen LogP contribution in [0, 0.1) is 6.92 Å². The van der Waals surface area contributed by atoms with Crippen LogP contribution in [0.15, 0.2) is 28.9 Å². The van der Waals surface area contributed by atoms with Gasteiger partial charge in [0.25, 0.3) is 0 Å². The first-order valence-electron chi connectivity index (χ1n) is 4.98. The van der Waals surface area contributed by atoms with Crippen molar-refractivity contribution in [1.82, 2.24) is 0 Å². The third-order valence-corrected chi connectivity index (χ3v) is 2.50. The molecule has 1 heterocycles. The van der Waals surface area contributed by atoms with Gasteiger partial charge in [-0.1, -0.05) is 12.1 Å². The molecule has 0 saturated carbocycles. The van der Waals surface area contributed by atoms with E-state index in [1.165, 1.54) is 16.5 Å². The molecule has 0 bridgehead atoms. The quantitative estimate of drug-likeness (QED) is 0.806. The Morgan fingerprint density at radius 1 is 1.36 bits per heavy atom. The van der Waals surface area contributed by atoms with Gasteiger partial charge in [-0.25, -0.2) is 0 Å². The van der Waals surface area contributed by atoms with E-state index in [0.717, 1.165) is 25.0 Å². The van der Waals surface area contributed by atoms with Crippen molar-refractivity contribution in [2.75, 3.05) is 6.54 Å². The van der Waals surface area contributed by atoms with Gasteiger partial charge >= 0.3 is 0 Å². The molecule has 0 saturated heterocycles. The van der Waals surface area contributed by atoms with Gasteiger partial charge in [0, 0.05) is 5.39 Å². The van der Waals surface area contributed by atoms with Crippen LogP contribution in [0.1, 0.15) is 17.5 Å². The van der Waals surface area contributed by atoms with Crippen LogP contribution in [0.3, 0.4) is 0 Å². The highest BCUT2D eigenvalue weighted by molar-refractivity contribution is 5.81. The maximum Gasteiger partial charge on any atom is 0.134 e. The molecule has 0 fully saturated rings. The van der Waals surface area contributed by atoms with Gasteiger partial charge in [-0.2, -0.15) is 0 Å². The monoisotopic (exact) mass is 189 g/mol. The molecular weight excluding hydrogens is 174 g/mol. The molecule has 1 aromatic heterocycles. The zero-order chi connectivity index (χ0) is 9.97. The Hall–Kier alpha value is -1.28. The van der Waals surface area contributed by atoms with Crippen LogP contribution in [0.25, 0.3) is 11.0 Å². The Morgan fingerprint density at radius 2 is 2.21 bits per heavy atom. The van der Waals surface area contributed by atoms with E-state index in [1.54, 1.807) is 6.26 Å². The highest BCUT2D eigenvalue weighted by Crippen LogP contribution is 2.21. The van der Waals surface area contributed by atoms with E-state index in [2.05, 4.69) is 25.1 Å². The lowest BCUT2D eigenvalue weighted by atomic mass is 10.1. The van der Waals surface area contributed by atoms with Crippen molar-refractivity contribution >= 4 is 11.0 Å². The summed E-state index contributed by atoms with van der Waals surface area (Å²) in [5.41, 5.74) is 8.96. The minimum absolute atomic E-state index is 0.745. The number of hydrogen-bond acceptors (Lipinski definition) is 2. The molecule has 0 atom stereocenters. The summed E-state index contributed by atoms with van der Waals surface area (Å²) >= 11 is 0. The molecule has 14 heavy (non-hydrogen) atoms. The summed E-state index contributed by atoms with van der Waals surface area (Å²) in [7, 11) is 0. The number of benzene rings is 1. The second-order valence-corrected chi connectivity index (χ2v) is 3.64. The Kier molecular flexibility index (Phi) is 2.55. The van der Waals surface area contributed by atoms with Crippen molar-refractivity contribution in [2.45, 2.75) is 19.8 Å². The van der Waals surface area contributed by atoms with Gasteiger partial charge in [-0.3, -0.25) is 0 Å². The van der Waals surface area contributed by atoms with Crippen molar-refractivity contribution in [2.24, 2.45) is 5.73 Å². The zero-order valence-electron chi connectivity index (χ0n) is 8.42. The number of hydrogen-bond donors (Lipinski definition) is 1. The van der Waals surface area contributed by atoms with Crippen LogP contribution >= 0.6 is 0 Å². The maximum atomic E-state index is 5.47. The van der Waals surface area contributed by atoms with Crippen molar-refractivity contribution in [1.29, 1.82) is 0 Å². The van der Waals surface area contributed by atoms with Crippen LogP contribution in [0.4, 0.5) is 0 Å². The maximum absolute atomic E-state index is 5.47. The molecule has 74 valence electrons. The van der Waals surface area contributed by atoms with Crippen molar-refractivity contribution in [3.05, 3.63) is 35.6 Å². The van der Waals surface area contributed by atoms with Crippen LogP contribution in [0.2, 0.25) is 0 Å². The van der Waals surface area contributed by atoms with Crippen LogP contribution in [-0.4, -0.2) is 6.54 Å². The average molecular weight is 189 g/mol. The molecule has 0 radical (unpaired) electrons. The summed E-state index contributed by atoms with van der Waals surface area (Å²) in [5.74, 6) is 0. The molecule has 2 aromatic rings. The number of rotatable bonds is 3. The average Bonchev–Trinajstić information content (AvgIpc) is 2.57. The molecular formula is C12H15NO. The Balaban J connectivity index is 2.32. The molecule has 1 aromatic carbocycles. The third kappa shape index (κ3) is 1.66. The first kappa shape index (κ1) is 9.28. The number of fused-ring (bicyclic) bond motifs is 1. The van der Waals surface area contributed by atoms with Gasteiger partial charge in [-0.05, 0) is 43.5 Å².